The van der Waals surface area contributed by atoms with Crippen molar-refractivity contribution >= 4 is 12.3 Å². The van der Waals surface area contributed by atoms with Gasteiger partial charge in [0.25, 0.3) is 0 Å². The minimum absolute atomic E-state index is 0.0565. The highest BCUT2D eigenvalue weighted by molar-refractivity contribution is 5.63. The van der Waals surface area contributed by atoms with Crippen LogP contribution in [0.3, 0.4) is 0 Å². The van der Waals surface area contributed by atoms with Gasteiger partial charge < -0.3 is 18.9 Å². The molecule has 0 saturated carbocycles. The van der Waals surface area contributed by atoms with Crippen LogP contribution in [0.4, 0.5) is 53.5 Å². The second kappa shape index (κ2) is 11.4. The first-order chi connectivity index (χ1) is 18.0. The fraction of sp³-hybridized carbons (Fsp3) is 0.680. The van der Waals surface area contributed by atoms with Crippen molar-refractivity contribution in [1.82, 2.24) is 0 Å². The molecule has 0 aliphatic rings. The molecule has 0 aliphatic heterocycles. The summed E-state index contributed by atoms with van der Waals surface area (Å²) in [5.41, 5.74) is -13.6. The normalized spacial score (nSPS) is 16.0. The minimum atomic E-state index is -6.57. The summed E-state index contributed by atoms with van der Waals surface area (Å²) in [4.78, 5) is 24.2. The SMILES string of the molecule is CCC(C)c1cc(C(F)(OC(=O)OC(C)(C)C)C(F)(F)F)cc(C(OC(=O)OC(C)(C)C)(C(F)(F)F)C(F)(F)F)c1. The van der Waals surface area contributed by atoms with Gasteiger partial charge in [0.2, 0.25) is 0 Å². The summed E-state index contributed by atoms with van der Waals surface area (Å²) in [7, 11) is 0. The molecule has 0 bridgehead atoms. The lowest BCUT2D eigenvalue weighted by Gasteiger charge is -2.38. The van der Waals surface area contributed by atoms with Crippen LogP contribution in [0.25, 0.3) is 0 Å². The van der Waals surface area contributed by atoms with E-state index in [1.807, 2.05) is 0 Å². The minimum Gasteiger partial charge on any atom is -0.429 e. The number of hydrogen-bond donors (Lipinski definition) is 0. The molecular weight excluding hydrogens is 586 g/mol. The van der Waals surface area contributed by atoms with E-state index in [0.717, 1.165) is 20.8 Å². The number of benzene rings is 1. The number of carbonyl (C=O) groups is 2. The Morgan fingerprint density at radius 1 is 0.634 bits per heavy atom. The topological polar surface area (TPSA) is 71.1 Å². The van der Waals surface area contributed by atoms with Crippen LogP contribution in [0.5, 0.6) is 0 Å². The standard InChI is InChI=1S/C25H30F10O6/c1-9-13(2)14-10-15(21(23(27,28)29,24(30,31)32)40-17(36)38-19(3,4)5)12-16(11-14)22(26,25(33,34)35)41-18(37)39-20(6,7)8/h10-13H,9H2,1-8H3. The first-order valence-electron chi connectivity index (χ1n) is 11.9. The Bertz CT molecular complexity index is 1080. The highest BCUT2D eigenvalue weighted by Crippen LogP contribution is 2.55. The van der Waals surface area contributed by atoms with Gasteiger partial charge in [-0.1, -0.05) is 19.9 Å². The fourth-order valence-electron chi connectivity index (χ4n) is 3.29. The zero-order valence-corrected chi connectivity index (χ0v) is 23.2. The van der Waals surface area contributed by atoms with Crippen molar-refractivity contribution in [2.24, 2.45) is 0 Å². The lowest BCUT2D eigenvalue weighted by Crippen LogP contribution is -2.57. The van der Waals surface area contributed by atoms with Crippen molar-refractivity contribution in [3.05, 3.63) is 34.9 Å². The van der Waals surface area contributed by atoms with E-state index >= 15 is 4.39 Å². The number of ether oxygens (including phenoxy) is 4. The van der Waals surface area contributed by atoms with E-state index < -0.39 is 82.2 Å². The molecule has 0 aliphatic carbocycles. The van der Waals surface area contributed by atoms with Crippen LogP contribution in [0, 0.1) is 0 Å². The van der Waals surface area contributed by atoms with Crippen molar-refractivity contribution in [3.63, 3.8) is 0 Å². The van der Waals surface area contributed by atoms with Crippen LogP contribution >= 0.6 is 0 Å². The van der Waals surface area contributed by atoms with E-state index in [2.05, 4.69) is 18.9 Å². The third-order valence-electron chi connectivity index (χ3n) is 5.32. The van der Waals surface area contributed by atoms with Gasteiger partial charge in [0.05, 0.1) is 0 Å². The lowest BCUT2D eigenvalue weighted by molar-refractivity contribution is -0.377. The molecule has 0 heterocycles. The quantitative estimate of drug-likeness (QED) is 0.235. The fourth-order valence-corrected chi connectivity index (χ4v) is 3.29. The first-order valence-corrected chi connectivity index (χ1v) is 11.9. The van der Waals surface area contributed by atoms with E-state index in [0.29, 0.717) is 6.07 Å². The molecule has 0 spiro atoms. The van der Waals surface area contributed by atoms with Crippen molar-refractivity contribution in [2.75, 3.05) is 0 Å². The molecule has 0 radical (unpaired) electrons. The van der Waals surface area contributed by atoms with Gasteiger partial charge in [-0.2, -0.15) is 43.9 Å². The summed E-state index contributed by atoms with van der Waals surface area (Å²) in [5, 5.41) is 0. The third kappa shape index (κ3) is 8.31. The molecule has 6 nitrogen and oxygen atoms in total. The predicted octanol–water partition coefficient (Wildman–Crippen LogP) is 9.11. The van der Waals surface area contributed by atoms with Crippen molar-refractivity contribution in [1.29, 1.82) is 0 Å². The van der Waals surface area contributed by atoms with Gasteiger partial charge in [0.1, 0.15) is 11.2 Å². The summed E-state index contributed by atoms with van der Waals surface area (Å²) in [6.45, 7) is 9.37. The van der Waals surface area contributed by atoms with Crippen molar-refractivity contribution in [3.8, 4) is 0 Å². The van der Waals surface area contributed by atoms with E-state index in [9.17, 15) is 49.1 Å². The second-order valence-corrected chi connectivity index (χ2v) is 11.1. The monoisotopic (exact) mass is 616 g/mol. The molecule has 16 heteroatoms. The van der Waals surface area contributed by atoms with Crippen LogP contribution in [-0.4, -0.2) is 42.0 Å². The molecular formula is C25H30F10O6. The Labute approximate surface area is 229 Å². The molecule has 0 aromatic heterocycles. The third-order valence-corrected chi connectivity index (χ3v) is 5.32. The van der Waals surface area contributed by atoms with Crippen LogP contribution in [0.15, 0.2) is 18.2 Å². The summed E-state index contributed by atoms with van der Waals surface area (Å²) < 4.78 is 161. The van der Waals surface area contributed by atoms with Crippen LogP contribution < -0.4 is 0 Å². The van der Waals surface area contributed by atoms with Crippen LogP contribution in [0.1, 0.15) is 84.4 Å². The summed E-state index contributed by atoms with van der Waals surface area (Å²) >= 11 is 0. The number of halogens is 10. The predicted molar refractivity (Wildman–Crippen MR) is 122 cm³/mol. The van der Waals surface area contributed by atoms with E-state index in [1.54, 1.807) is 0 Å². The van der Waals surface area contributed by atoms with Gasteiger partial charge in [-0.05, 0) is 71.6 Å². The van der Waals surface area contributed by atoms with E-state index in [4.69, 9.17) is 0 Å². The number of rotatable bonds is 6. The van der Waals surface area contributed by atoms with Crippen molar-refractivity contribution in [2.45, 2.75) is 109 Å². The van der Waals surface area contributed by atoms with Gasteiger partial charge in [0.15, 0.2) is 0 Å². The average molecular weight is 616 g/mol. The molecule has 236 valence electrons. The largest absolute Gasteiger partial charge is 0.512 e. The summed E-state index contributed by atoms with van der Waals surface area (Å²) in [5.74, 6) is -6.36. The Morgan fingerprint density at radius 3 is 1.37 bits per heavy atom. The zero-order valence-electron chi connectivity index (χ0n) is 23.2. The number of hydrogen-bond acceptors (Lipinski definition) is 6. The molecule has 0 amide bonds. The molecule has 0 fully saturated rings. The number of alkyl halides is 10. The Hall–Kier alpha value is -2.94. The molecule has 1 aromatic rings. The Morgan fingerprint density at radius 2 is 1.02 bits per heavy atom. The molecule has 1 rings (SSSR count). The zero-order chi connectivity index (χ0) is 32.6. The maximum absolute atomic E-state index is 15.7. The molecule has 1 aromatic carbocycles. The summed E-state index contributed by atoms with van der Waals surface area (Å²) in [6, 6.07) is -0.0249. The van der Waals surface area contributed by atoms with Gasteiger partial charge in [-0.3, -0.25) is 0 Å². The molecule has 0 N–H and O–H groups in total. The molecule has 41 heavy (non-hydrogen) atoms. The van der Waals surface area contributed by atoms with E-state index in [-0.39, 0.29) is 12.5 Å². The number of carbonyl (C=O) groups excluding carboxylic acids is 2. The summed E-state index contributed by atoms with van der Waals surface area (Å²) in [6.07, 6.45) is -24.2. The highest BCUT2D eigenvalue weighted by Gasteiger charge is 2.76. The smallest absolute Gasteiger partial charge is 0.429 e. The maximum Gasteiger partial charge on any atom is 0.512 e. The average Bonchev–Trinajstić information content (AvgIpc) is 2.71. The van der Waals surface area contributed by atoms with Gasteiger partial charge in [-0.25, -0.2) is 9.59 Å². The van der Waals surface area contributed by atoms with Crippen LogP contribution in [-0.2, 0) is 30.4 Å². The lowest BCUT2D eigenvalue weighted by atomic mass is 9.84. The first kappa shape index (κ1) is 36.1. The Balaban J connectivity index is 4.20. The highest BCUT2D eigenvalue weighted by atomic mass is 19.4. The molecule has 2 unspecified atom stereocenters. The van der Waals surface area contributed by atoms with Gasteiger partial charge >= 0.3 is 42.3 Å². The second-order valence-electron chi connectivity index (χ2n) is 11.1. The molecule has 2 atom stereocenters. The molecule has 0 saturated heterocycles. The van der Waals surface area contributed by atoms with E-state index in [1.165, 1.54) is 34.6 Å². The maximum atomic E-state index is 15.7. The van der Waals surface area contributed by atoms with Gasteiger partial charge in [-0.15, -0.1) is 0 Å². The van der Waals surface area contributed by atoms with Crippen LogP contribution in [0.2, 0.25) is 0 Å². The van der Waals surface area contributed by atoms with Gasteiger partial charge in [0, 0.05) is 11.1 Å². The Kier molecular flexibility index (Phi) is 10.0. The van der Waals surface area contributed by atoms with Crippen molar-refractivity contribution < 1.29 is 72.4 Å².